The smallest absolute Gasteiger partial charge is 0.221 e. The fraction of sp³-hybridized carbons (Fsp3) is 0.417. The van der Waals surface area contributed by atoms with E-state index in [4.69, 9.17) is 0 Å². The van der Waals surface area contributed by atoms with E-state index in [9.17, 15) is 9.18 Å². The molecule has 1 rings (SSSR count). The normalized spacial score (nSPS) is 10.1. The molecule has 0 atom stereocenters. The van der Waals surface area contributed by atoms with E-state index < -0.39 is 0 Å². The first-order chi connectivity index (χ1) is 7.72. The minimum absolute atomic E-state index is 0.0364. The summed E-state index contributed by atoms with van der Waals surface area (Å²) in [5.41, 5.74) is 1.09. The van der Waals surface area contributed by atoms with Crippen molar-refractivity contribution in [1.82, 2.24) is 10.6 Å². The summed E-state index contributed by atoms with van der Waals surface area (Å²) < 4.78 is 12.6. The summed E-state index contributed by atoms with van der Waals surface area (Å²) in [6, 6.07) is 6.46. The quantitative estimate of drug-likeness (QED) is 0.710. The molecule has 0 unspecified atom stereocenters. The molecule has 0 spiro atoms. The highest BCUT2D eigenvalue weighted by Gasteiger charge is 1.97. The second-order valence-electron chi connectivity index (χ2n) is 3.55. The van der Waals surface area contributed by atoms with Gasteiger partial charge in [-0.05, 0) is 30.7 Å². The van der Waals surface area contributed by atoms with Gasteiger partial charge in [-0.3, -0.25) is 4.79 Å². The highest BCUT2D eigenvalue weighted by Crippen LogP contribution is 2.02. The van der Waals surface area contributed by atoms with Crippen LogP contribution in [0.4, 0.5) is 4.39 Å². The van der Waals surface area contributed by atoms with Crippen LogP contribution in [0.3, 0.4) is 0 Å². The Labute approximate surface area is 95.0 Å². The molecule has 0 fully saturated rings. The third-order valence-corrected chi connectivity index (χ3v) is 2.31. The molecule has 1 aromatic carbocycles. The van der Waals surface area contributed by atoms with Crippen LogP contribution in [-0.2, 0) is 11.2 Å². The predicted octanol–water partition coefficient (Wildman–Crippen LogP) is 1.09. The SMILES string of the molecule is CNC(=O)CCNCCc1ccc(F)cc1. The van der Waals surface area contributed by atoms with Gasteiger partial charge in [0, 0.05) is 20.0 Å². The average Bonchev–Trinajstić information content (AvgIpc) is 2.31. The Bertz CT molecular complexity index is 324. The molecule has 0 aliphatic heterocycles. The molecule has 0 saturated heterocycles. The Balaban J connectivity index is 2.11. The highest BCUT2D eigenvalue weighted by atomic mass is 19.1. The molecule has 16 heavy (non-hydrogen) atoms. The molecule has 1 aromatic rings. The lowest BCUT2D eigenvalue weighted by Gasteiger charge is -2.04. The van der Waals surface area contributed by atoms with Crippen molar-refractivity contribution >= 4 is 5.91 Å². The second-order valence-corrected chi connectivity index (χ2v) is 3.55. The number of carbonyl (C=O) groups is 1. The number of hydrogen-bond donors (Lipinski definition) is 2. The molecule has 0 radical (unpaired) electrons. The van der Waals surface area contributed by atoms with Gasteiger partial charge in [-0.2, -0.15) is 0 Å². The molecule has 0 aliphatic rings. The Morgan fingerprint density at radius 3 is 2.56 bits per heavy atom. The molecule has 0 bridgehead atoms. The van der Waals surface area contributed by atoms with E-state index in [1.54, 1.807) is 19.2 Å². The lowest BCUT2D eigenvalue weighted by molar-refractivity contribution is -0.120. The van der Waals surface area contributed by atoms with Crippen LogP contribution in [0.15, 0.2) is 24.3 Å². The maximum Gasteiger partial charge on any atom is 0.221 e. The van der Waals surface area contributed by atoms with E-state index in [-0.39, 0.29) is 11.7 Å². The maximum atomic E-state index is 12.6. The van der Waals surface area contributed by atoms with Gasteiger partial charge >= 0.3 is 0 Å². The number of carbonyl (C=O) groups excluding carboxylic acids is 1. The number of hydrogen-bond acceptors (Lipinski definition) is 2. The lowest BCUT2D eigenvalue weighted by Crippen LogP contribution is -2.25. The molecule has 3 nitrogen and oxygen atoms in total. The zero-order valence-corrected chi connectivity index (χ0v) is 9.42. The molecule has 0 aliphatic carbocycles. The number of amides is 1. The standard InChI is InChI=1S/C12H17FN2O/c1-14-12(16)7-9-15-8-6-10-2-4-11(13)5-3-10/h2-5,15H,6-9H2,1H3,(H,14,16). The van der Waals surface area contributed by atoms with Gasteiger partial charge < -0.3 is 10.6 Å². The summed E-state index contributed by atoms with van der Waals surface area (Å²) in [4.78, 5) is 10.9. The van der Waals surface area contributed by atoms with Crippen molar-refractivity contribution in [3.8, 4) is 0 Å². The van der Waals surface area contributed by atoms with Gasteiger partial charge in [-0.1, -0.05) is 12.1 Å². The molecule has 1 amide bonds. The summed E-state index contributed by atoms with van der Waals surface area (Å²) in [6.07, 6.45) is 1.33. The Kier molecular flexibility index (Phi) is 5.50. The fourth-order valence-electron chi connectivity index (χ4n) is 1.34. The van der Waals surface area contributed by atoms with E-state index in [2.05, 4.69) is 10.6 Å². The largest absolute Gasteiger partial charge is 0.359 e. The number of nitrogens with one attached hydrogen (secondary N) is 2. The molecule has 0 saturated carbocycles. The van der Waals surface area contributed by atoms with Crippen LogP contribution in [0.1, 0.15) is 12.0 Å². The maximum absolute atomic E-state index is 12.6. The fourth-order valence-corrected chi connectivity index (χ4v) is 1.34. The van der Waals surface area contributed by atoms with Crippen molar-refractivity contribution in [1.29, 1.82) is 0 Å². The van der Waals surface area contributed by atoms with Crippen molar-refractivity contribution in [2.24, 2.45) is 0 Å². The predicted molar refractivity (Wildman–Crippen MR) is 61.7 cm³/mol. The van der Waals surface area contributed by atoms with Gasteiger partial charge in [0.2, 0.25) is 5.91 Å². The van der Waals surface area contributed by atoms with Crippen molar-refractivity contribution in [2.75, 3.05) is 20.1 Å². The van der Waals surface area contributed by atoms with Gasteiger partial charge in [0.25, 0.3) is 0 Å². The Morgan fingerprint density at radius 1 is 1.25 bits per heavy atom. The van der Waals surface area contributed by atoms with Gasteiger partial charge in [0.05, 0.1) is 0 Å². The summed E-state index contributed by atoms with van der Waals surface area (Å²) in [5.74, 6) is -0.175. The van der Waals surface area contributed by atoms with Gasteiger partial charge in [-0.15, -0.1) is 0 Å². The van der Waals surface area contributed by atoms with Crippen LogP contribution in [0.25, 0.3) is 0 Å². The monoisotopic (exact) mass is 224 g/mol. The first-order valence-corrected chi connectivity index (χ1v) is 5.38. The zero-order valence-electron chi connectivity index (χ0n) is 9.42. The molecular weight excluding hydrogens is 207 g/mol. The van der Waals surface area contributed by atoms with Crippen molar-refractivity contribution < 1.29 is 9.18 Å². The van der Waals surface area contributed by atoms with Crippen LogP contribution >= 0.6 is 0 Å². The summed E-state index contributed by atoms with van der Waals surface area (Å²) in [7, 11) is 1.63. The molecule has 0 aromatic heterocycles. The summed E-state index contributed by atoms with van der Waals surface area (Å²) >= 11 is 0. The van der Waals surface area contributed by atoms with Crippen LogP contribution in [0, 0.1) is 5.82 Å². The topological polar surface area (TPSA) is 41.1 Å². The third kappa shape index (κ3) is 4.89. The Hall–Kier alpha value is -1.42. The highest BCUT2D eigenvalue weighted by molar-refractivity contribution is 5.75. The third-order valence-electron chi connectivity index (χ3n) is 2.31. The summed E-state index contributed by atoms with van der Waals surface area (Å²) in [6.45, 7) is 1.46. The van der Waals surface area contributed by atoms with Crippen LogP contribution in [0.2, 0.25) is 0 Å². The first kappa shape index (κ1) is 12.6. The van der Waals surface area contributed by atoms with E-state index in [0.29, 0.717) is 13.0 Å². The van der Waals surface area contributed by atoms with E-state index in [1.165, 1.54) is 12.1 Å². The first-order valence-electron chi connectivity index (χ1n) is 5.38. The van der Waals surface area contributed by atoms with Crippen molar-refractivity contribution in [3.05, 3.63) is 35.6 Å². The molecule has 4 heteroatoms. The van der Waals surface area contributed by atoms with Gasteiger partial charge in [0.1, 0.15) is 5.82 Å². The van der Waals surface area contributed by atoms with Crippen molar-refractivity contribution in [2.45, 2.75) is 12.8 Å². The van der Waals surface area contributed by atoms with Crippen LogP contribution < -0.4 is 10.6 Å². The van der Waals surface area contributed by atoms with Crippen LogP contribution in [0.5, 0.6) is 0 Å². The second kappa shape index (κ2) is 6.95. The molecule has 88 valence electrons. The van der Waals surface area contributed by atoms with E-state index in [1.807, 2.05) is 0 Å². The minimum atomic E-state index is -0.212. The van der Waals surface area contributed by atoms with Crippen LogP contribution in [-0.4, -0.2) is 26.0 Å². The zero-order chi connectivity index (χ0) is 11.8. The molecule has 2 N–H and O–H groups in total. The van der Waals surface area contributed by atoms with Gasteiger partial charge in [0.15, 0.2) is 0 Å². The van der Waals surface area contributed by atoms with E-state index >= 15 is 0 Å². The lowest BCUT2D eigenvalue weighted by atomic mass is 10.1. The molecular formula is C12H17FN2O. The Morgan fingerprint density at radius 2 is 1.94 bits per heavy atom. The average molecular weight is 224 g/mol. The minimum Gasteiger partial charge on any atom is -0.359 e. The summed E-state index contributed by atoms with van der Waals surface area (Å²) in [5, 5.41) is 5.72. The number of benzene rings is 1. The van der Waals surface area contributed by atoms with Crippen molar-refractivity contribution in [3.63, 3.8) is 0 Å². The number of rotatable bonds is 6. The van der Waals surface area contributed by atoms with E-state index in [0.717, 1.165) is 18.5 Å². The number of halogens is 1. The van der Waals surface area contributed by atoms with Gasteiger partial charge in [-0.25, -0.2) is 4.39 Å². The molecule has 0 heterocycles.